The van der Waals surface area contributed by atoms with Gasteiger partial charge in [0.25, 0.3) is 0 Å². The molecule has 0 radical (unpaired) electrons. The highest BCUT2D eigenvalue weighted by Gasteiger charge is 2.24. The lowest BCUT2D eigenvalue weighted by molar-refractivity contribution is -0.122. The van der Waals surface area contributed by atoms with E-state index in [1.807, 2.05) is 23.9 Å². The number of halogens is 1. The number of thioether (sulfide) groups is 1. The average molecular weight is 331 g/mol. The van der Waals surface area contributed by atoms with Gasteiger partial charge in [-0.05, 0) is 49.8 Å². The Kier molecular flexibility index (Phi) is 6.18. The molecule has 1 aromatic rings. The lowest BCUT2D eigenvalue weighted by atomic mass is 9.96. The van der Waals surface area contributed by atoms with Crippen molar-refractivity contribution in [2.24, 2.45) is 11.5 Å². The van der Waals surface area contributed by atoms with Crippen molar-refractivity contribution in [2.45, 2.75) is 36.6 Å². The van der Waals surface area contributed by atoms with E-state index in [2.05, 4.69) is 28.1 Å². The van der Waals surface area contributed by atoms with Crippen LogP contribution in [-0.2, 0) is 4.79 Å². The van der Waals surface area contributed by atoms with Crippen LogP contribution < -0.4 is 11.5 Å². The number of carbonyl (C=O) groups is 1. The first-order chi connectivity index (χ1) is 8.42. The second kappa shape index (κ2) is 7.16. The number of amides is 1. The first-order valence-corrected chi connectivity index (χ1v) is 7.67. The maximum atomic E-state index is 11.0. The standard InChI is InChI=1S/C13H19BrN2OS/c1-13(16,12(15)17)8-2-3-9-18-11-6-4-10(14)5-7-11/h4-7H,2-3,8-9,16H2,1H3,(H2,15,17). The summed E-state index contributed by atoms with van der Waals surface area (Å²) in [5.41, 5.74) is 10.1. The summed E-state index contributed by atoms with van der Waals surface area (Å²) in [6, 6.07) is 8.25. The summed E-state index contributed by atoms with van der Waals surface area (Å²) in [6.07, 6.45) is 2.59. The Balaban J connectivity index is 2.20. The summed E-state index contributed by atoms with van der Waals surface area (Å²) >= 11 is 5.22. The fourth-order valence-electron chi connectivity index (χ4n) is 1.44. The van der Waals surface area contributed by atoms with Gasteiger partial charge in [0.1, 0.15) is 0 Å². The summed E-state index contributed by atoms with van der Waals surface area (Å²) < 4.78 is 1.09. The van der Waals surface area contributed by atoms with Gasteiger partial charge in [-0.3, -0.25) is 4.79 Å². The summed E-state index contributed by atoms with van der Waals surface area (Å²) in [4.78, 5) is 12.3. The van der Waals surface area contributed by atoms with Crippen molar-refractivity contribution in [2.75, 3.05) is 5.75 Å². The second-order valence-corrected chi connectivity index (χ2v) is 6.63. The van der Waals surface area contributed by atoms with E-state index in [0.717, 1.165) is 23.1 Å². The Bertz CT molecular complexity index is 392. The molecule has 0 bridgehead atoms. The molecule has 4 N–H and O–H groups in total. The van der Waals surface area contributed by atoms with Gasteiger partial charge in [0.05, 0.1) is 5.54 Å². The molecule has 1 aromatic carbocycles. The van der Waals surface area contributed by atoms with E-state index >= 15 is 0 Å². The quantitative estimate of drug-likeness (QED) is 0.596. The van der Waals surface area contributed by atoms with Crippen LogP contribution in [0.15, 0.2) is 33.6 Å². The molecule has 100 valence electrons. The van der Waals surface area contributed by atoms with Crippen molar-refractivity contribution in [3.05, 3.63) is 28.7 Å². The fraction of sp³-hybridized carbons (Fsp3) is 0.462. The minimum Gasteiger partial charge on any atom is -0.368 e. The molecular weight excluding hydrogens is 312 g/mol. The number of hydrogen-bond acceptors (Lipinski definition) is 3. The van der Waals surface area contributed by atoms with Gasteiger partial charge in [0, 0.05) is 9.37 Å². The molecule has 1 rings (SSSR count). The molecule has 0 aromatic heterocycles. The normalized spacial score (nSPS) is 14.2. The highest BCUT2D eigenvalue weighted by atomic mass is 79.9. The van der Waals surface area contributed by atoms with Crippen molar-refractivity contribution < 1.29 is 4.79 Å². The maximum Gasteiger partial charge on any atom is 0.237 e. The highest BCUT2D eigenvalue weighted by Crippen LogP contribution is 2.22. The Hall–Kier alpha value is -0.520. The van der Waals surface area contributed by atoms with E-state index in [-0.39, 0.29) is 0 Å². The minimum absolute atomic E-state index is 0.428. The number of benzene rings is 1. The molecule has 18 heavy (non-hydrogen) atoms. The van der Waals surface area contributed by atoms with E-state index in [0.29, 0.717) is 6.42 Å². The largest absolute Gasteiger partial charge is 0.368 e. The minimum atomic E-state index is -0.873. The number of hydrogen-bond donors (Lipinski definition) is 2. The van der Waals surface area contributed by atoms with Crippen molar-refractivity contribution >= 4 is 33.6 Å². The molecule has 0 spiro atoms. The van der Waals surface area contributed by atoms with Crippen LogP contribution in [0.1, 0.15) is 26.2 Å². The molecule has 0 fully saturated rings. The molecule has 1 unspecified atom stereocenters. The molecule has 0 saturated heterocycles. The van der Waals surface area contributed by atoms with Gasteiger partial charge in [0.15, 0.2) is 0 Å². The lowest BCUT2D eigenvalue weighted by Gasteiger charge is -2.19. The fourth-order valence-corrected chi connectivity index (χ4v) is 2.62. The number of rotatable bonds is 7. The van der Waals surface area contributed by atoms with Crippen molar-refractivity contribution in [1.29, 1.82) is 0 Å². The van der Waals surface area contributed by atoms with Crippen LogP contribution in [0.25, 0.3) is 0 Å². The Labute approximate surface area is 121 Å². The van der Waals surface area contributed by atoms with E-state index < -0.39 is 11.4 Å². The average Bonchev–Trinajstić information content (AvgIpc) is 2.31. The predicted molar refractivity (Wildman–Crippen MR) is 80.5 cm³/mol. The Morgan fingerprint density at radius 3 is 2.50 bits per heavy atom. The van der Waals surface area contributed by atoms with Gasteiger partial charge in [-0.1, -0.05) is 22.4 Å². The first kappa shape index (κ1) is 15.5. The van der Waals surface area contributed by atoms with Gasteiger partial charge < -0.3 is 11.5 Å². The molecular formula is C13H19BrN2OS. The van der Waals surface area contributed by atoms with Crippen LogP contribution in [0.3, 0.4) is 0 Å². The van der Waals surface area contributed by atoms with E-state index in [1.165, 1.54) is 4.90 Å². The Morgan fingerprint density at radius 2 is 1.94 bits per heavy atom. The summed E-state index contributed by atoms with van der Waals surface area (Å²) in [7, 11) is 0. The van der Waals surface area contributed by atoms with E-state index in [1.54, 1.807) is 6.92 Å². The summed E-state index contributed by atoms with van der Waals surface area (Å²) in [6.45, 7) is 1.69. The van der Waals surface area contributed by atoms with Crippen LogP contribution in [0, 0.1) is 0 Å². The van der Waals surface area contributed by atoms with Crippen LogP contribution in [-0.4, -0.2) is 17.2 Å². The third kappa shape index (κ3) is 5.42. The Morgan fingerprint density at radius 1 is 1.33 bits per heavy atom. The zero-order valence-electron chi connectivity index (χ0n) is 10.5. The third-order valence-electron chi connectivity index (χ3n) is 2.74. The molecule has 0 aliphatic heterocycles. The van der Waals surface area contributed by atoms with Gasteiger partial charge in [-0.2, -0.15) is 0 Å². The van der Waals surface area contributed by atoms with Crippen molar-refractivity contribution in [3.8, 4) is 0 Å². The monoisotopic (exact) mass is 330 g/mol. The van der Waals surface area contributed by atoms with Crippen LogP contribution in [0.5, 0.6) is 0 Å². The number of primary amides is 1. The second-order valence-electron chi connectivity index (χ2n) is 4.54. The lowest BCUT2D eigenvalue weighted by Crippen LogP contribution is -2.49. The topological polar surface area (TPSA) is 69.1 Å². The van der Waals surface area contributed by atoms with Gasteiger partial charge in [-0.15, -0.1) is 11.8 Å². The van der Waals surface area contributed by atoms with Gasteiger partial charge in [0.2, 0.25) is 5.91 Å². The zero-order chi connectivity index (χ0) is 13.6. The van der Waals surface area contributed by atoms with E-state index in [9.17, 15) is 4.79 Å². The smallest absolute Gasteiger partial charge is 0.237 e. The van der Waals surface area contributed by atoms with Crippen molar-refractivity contribution in [1.82, 2.24) is 0 Å². The molecule has 0 heterocycles. The third-order valence-corrected chi connectivity index (χ3v) is 4.36. The zero-order valence-corrected chi connectivity index (χ0v) is 12.9. The summed E-state index contributed by atoms with van der Waals surface area (Å²) in [5.74, 6) is 0.597. The van der Waals surface area contributed by atoms with Crippen molar-refractivity contribution in [3.63, 3.8) is 0 Å². The van der Waals surface area contributed by atoms with Crippen LogP contribution in [0.4, 0.5) is 0 Å². The maximum absolute atomic E-state index is 11.0. The molecule has 1 atom stereocenters. The first-order valence-electron chi connectivity index (χ1n) is 5.89. The number of unbranched alkanes of at least 4 members (excludes halogenated alkanes) is 1. The molecule has 0 saturated carbocycles. The molecule has 0 aliphatic rings. The van der Waals surface area contributed by atoms with Gasteiger partial charge >= 0.3 is 0 Å². The molecule has 1 amide bonds. The molecule has 0 aliphatic carbocycles. The van der Waals surface area contributed by atoms with Crippen LogP contribution >= 0.6 is 27.7 Å². The van der Waals surface area contributed by atoms with E-state index in [4.69, 9.17) is 11.5 Å². The summed E-state index contributed by atoms with van der Waals surface area (Å²) in [5, 5.41) is 0. The van der Waals surface area contributed by atoms with Crippen LogP contribution in [0.2, 0.25) is 0 Å². The number of nitrogens with two attached hydrogens (primary N) is 2. The van der Waals surface area contributed by atoms with Gasteiger partial charge in [-0.25, -0.2) is 0 Å². The predicted octanol–water partition coefficient (Wildman–Crippen LogP) is 2.91. The number of carbonyl (C=O) groups excluding carboxylic acids is 1. The molecule has 3 nitrogen and oxygen atoms in total. The SMILES string of the molecule is CC(N)(CCCCSc1ccc(Br)cc1)C(N)=O. The molecule has 5 heteroatoms. The highest BCUT2D eigenvalue weighted by molar-refractivity contribution is 9.10.